The lowest BCUT2D eigenvalue weighted by Crippen LogP contribution is -2.32. The van der Waals surface area contributed by atoms with E-state index < -0.39 is 6.09 Å². The van der Waals surface area contributed by atoms with Crippen LogP contribution in [0.2, 0.25) is 0 Å². The number of rotatable bonds is 7. The summed E-state index contributed by atoms with van der Waals surface area (Å²) in [5.41, 5.74) is 0.979. The SMILES string of the molecule is CCCSc1ccc(N2C(=O)CS/C2=N/C(=O)OC)c(NC(=O)CN(C)C)c1. The molecular formula is C18H24N4O4S2. The largest absolute Gasteiger partial charge is 0.451 e. The van der Waals surface area contributed by atoms with Crippen LogP contribution < -0.4 is 10.2 Å². The lowest BCUT2D eigenvalue weighted by molar-refractivity contribution is -0.117. The van der Waals surface area contributed by atoms with Gasteiger partial charge in [0.1, 0.15) is 0 Å². The predicted molar refractivity (Wildman–Crippen MR) is 114 cm³/mol. The average molecular weight is 425 g/mol. The minimum absolute atomic E-state index is 0.160. The van der Waals surface area contributed by atoms with Crippen molar-refractivity contribution in [3.05, 3.63) is 18.2 Å². The van der Waals surface area contributed by atoms with Crippen LogP contribution in [0.1, 0.15) is 13.3 Å². The van der Waals surface area contributed by atoms with Crippen LogP contribution in [0.15, 0.2) is 28.1 Å². The molecule has 1 heterocycles. The lowest BCUT2D eigenvalue weighted by atomic mass is 10.2. The highest BCUT2D eigenvalue weighted by Gasteiger charge is 2.32. The minimum Gasteiger partial charge on any atom is -0.451 e. The predicted octanol–water partition coefficient (Wildman–Crippen LogP) is 2.89. The van der Waals surface area contributed by atoms with E-state index in [9.17, 15) is 14.4 Å². The van der Waals surface area contributed by atoms with Crippen molar-refractivity contribution in [2.45, 2.75) is 18.2 Å². The van der Waals surface area contributed by atoms with Crippen LogP contribution in [0.3, 0.4) is 0 Å². The number of anilines is 2. The van der Waals surface area contributed by atoms with Gasteiger partial charge in [0.15, 0.2) is 5.17 Å². The molecule has 1 fully saturated rings. The normalized spacial score (nSPS) is 15.4. The number of nitrogens with one attached hydrogen (secondary N) is 1. The highest BCUT2D eigenvalue weighted by Crippen LogP contribution is 2.36. The summed E-state index contributed by atoms with van der Waals surface area (Å²) in [5.74, 6) is 0.685. The second kappa shape index (κ2) is 10.5. The Morgan fingerprint density at radius 3 is 2.79 bits per heavy atom. The van der Waals surface area contributed by atoms with Gasteiger partial charge in [-0.25, -0.2) is 4.79 Å². The Bertz CT molecular complexity index is 783. The number of ether oxygens (including phenoxy) is 1. The summed E-state index contributed by atoms with van der Waals surface area (Å²) in [6.45, 7) is 2.30. The van der Waals surface area contributed by atoms with Crippen molar-refractivity contribution in [2.75, 3.05) is 49.5 Å². The van der Waals surface area contributed by atoms with E-state index in [0.29, 0.717) is 11.4 Å². The first kappa shape index (κ1) is 22.3. The Labute approximate surface area is 173 Å². The molecule has 1 aromatic carbocycles. The fourth-order valence-electron chi connectivity index (χ4n) is 2.40. The van der Waals surface area contributed by atoms with Gasteiger partial charge < -0.3 is 15.0 Å². The van der Waals surface area contributed by atoms with E-state index in [1.54, 1.807) is 36.8 Å². The maximum Gasteiger partial charge on any atom is 0.435 e. The minimum atomic E-state index is -0.782. The number of hydrogen-bond donors (Lipinski definition) is 1. The van der Waals surface area contributed by atoms with Gasteiger partial charge >= 0.3 is 6.09 Å². The van der Waals surface area contributed by atoms with E-state index in [1.165, 1.54) is 12.0 Å². The van der Waals surface area contributed by atoms with Gasteiger partial charge in [-0.05, 0) is 44.5 Å². The van der Waals surface area contributed by atoms with E-state index in [4.69, 9.17) is 0 Å². The standard InChI is InChI=1S/C18H24N4O4S2/c1-5-8-27-12-6-7-14(13(9-12)19-15(23)10-21(2)3)22-16(24)11-28-17(22)20-18(25)26-4/h6-7,9H,5,8,10-11H2,1-4H3,(H,19,23)/b20-17+. The molecule has 0 saturated carbocycles. The molecule has 0 unspecified atom stereocenters. The molecular weight excluding hydrogens is 400 g/mol. The molecule has 1 saturated heterocycles. The van der Waals surface area contributed by atoms with Gasteiger partial charge in [-0.15, -0.1) is 11.8 Å². The summed E-state index contributed by atoms with van der Waals surface area (Å²) in [6.07, 6.45) is 0.238. The molecule has 10 heteroatoms. The van der Waals surface area contributed by atoms with E-state index >= 15 is 0 Å². The first-order valence-electron chi connectivity index (χ1n) is 8.69. The van der Waals surface area contributed by atoms with Crippen molar-refractivity contribution >= 4 is 58.0 Å². The highest BCUT2D eigenvalue weighted by atomic mass is 32.2. The molecule has 1 N–H and O–H groups in total. The smallest absolute Gasteiger partial charge is 0.435 e. The summed E-state index contributed by atoms with van der Waals surface area (Å²) in [5, 5.41) is 3.11. The number of thioether (sulfide) groups is 2. The van der Waals surface area contributed by atoms with Crippen molar-refractivity contribution in [2.24, 2.45) is 4.99 Å². The fourth-order valence-corrected chi connectivity index (χ4v) is 4.06. The first-order valence-corrected chi connectivity index (χ1v) is 10.7. The Balaban J connectivity index is 2.42. The van der Waals surface area contributed by atoms with Gasteiger partial charge in [0.2, 0.25) is 11.8 Å². The highest BCUT2D eigenvalue weighted by molar-refractivity contribution is 8.15. The maximum absolute atomic E-state index is 12.5. The molecule has 1 aromatic rings. The van der Waals surface area contributed by atoms with Crippen molar-refractivity contribution in [3.63, 3.8) is 0 Å². The Kier molecular flexibility index (Phi) is 8.34. The monoisotopic (exact) mass is 424 g/mol. The zero-order valence-corrected chi connectivity index (χ0v) is 18.0. The number of nitrogens with zero attached hydrogens (tertiary/aromatic N) is 3. The number of hydrogen-bond acceptors (Lipinski definition) is 7. The number of likely N-dealkylation sites (N-methyl/N-ethyl adjacent to an activating group) is 1. The maximum atomic E-state index is 12.5. The van der Waals surface area contributed by atoms with Crippen molar-refractivity contribution in [3.8, 4) is 0 Å². The molecule has 1 aliphatic rings. The summed E-state index contributed by atoms with van der Waals surface area (Å²) in [7, 11) is 4.83. The quantitative estimate of drug-likeness (QED) is 0.673. The van der Waals surface area contributed by atoms with Crippen LogP contribution >= 0.6 is 23.5 Å². The van der Waals surface area contributed by atoms with Crippen molar-refractivity contribution in [1.29, 1.82) is 0 Å². The molecule has 1 aliphatic heterocycles. The van der Waals surface area contributed by atoms with Crippen molar-refractivity contribution in [1.82, 2.24) is 4.90 Å². The molecule has 0 atom stereocenters. The van der Waals surface area contributed by atoms with E-state index in [0.717, 1.165) is 28.8 Å². The number of carbonyl (C=O) groups excluding carboxylic acids is 3. The Morgan fingerprint density at radius 2 is 2.14 bits per heavy atom. The van der Waals surface area contributed by atoms with Crippen LogP contribution in [-0.2, 0) is 14.3 Å². The lowest BCUT2D eigenvalue weighted by Gasteiger charge is -2.21. The number of amidine groups is 1. The first-order chi connectivity index (χ1) is 13.3. The van der Waals surface area contributed by atoms with Gasteiger partial charge in [-0.2, -0.15) is 4.99 Å². The Hall–Kier alpha value is -2.04. The molecule has 0 aromatic heterocycles. The Morgan fingerprint density at radius 1 is 1.39 bits per heavy atom. The fraction of sp³-hybridized carbons (Fsp3) is 0.444. The topological polar surface area (TPSA) is 91.3 Å². The number of amides is 3. The van der Waals surface area contributed by atoms with Gasteiger partial charge in [0, 0.05) is 4.90 Å². The zero-order chi connectivity index (χ0) is 20.7. The van der Waals surface area contributed by atoms with E-state index in [1.807, 2.05) is 12.1 Å². The molecule has 0 bridgehead atoms. The van der Waals surface area contributed by atoms with Crippen molar-refractivity contribution < 1.29 is 19.1 Å². The van der Waals surface area contributed by atoms with Gasteiger partial charge in [0.05, 0.1) is 30.8 Å². The molecule has 8 nitrogen and oxygen atoms in total. The zero-order valence-electron chi connectivity index (χ0n) is 16.4. The second-order valence-electron chi connectivity index (χ2n) is 6.20. The molecule has 2 rings (SSSR count). The number of benzene rings is 1. The molecule has 28 heavy (non-hydrogen) atoms. The molecule has 0 radical (unpaired) electrons. The van der Waals surface area contributed by atoms with Gasteiger partial charge in [-0.1, -0.05) is 18.7 Å². The number of carbonyl (C=O) groups is 3. The number of methoxy groups -OCH3 is 1. The summed E-state index contributed by atoms with van der Waals surface area (Å²) in [4.78, 5) is 44.3. The van der Waals surface area contributed by atoms with Crippen LogP contribution in [0, 0.1) is 0 Å². The van der Waals surface area contributed by atoms with Crippen LogP contribution in [0.5, 0.6) is 0 Å². The molecule has 0 aliphatic carbocycles. The number of aliphatic imine (C=N–C) groups is 1. The third-order valence-corrected chi connectivity index (χ3v) is 5.67. The third kappa shape index (κ3) is 5.98. The van der Waals surface area contributed by atoms with E-state index in [-0.39, 0.29) is 29.3 Å². The van der Waals surface area contributed by atoms with Crippen LogP contribution in [-0.4, -0.2) is 67.2 Å². The summed E-state index contributed by atoms with van der Waals surface area (Å²) >= 11 is 2.82. The summed E-state index contributed by atoms with van der Waals surface area (Å²) in [6, 6.07) is 5.50. The van der Waals surface area contributed by atoms with Crippen LogP contribution in [0.4, 0.5) is 16.2 Å². The van der Waals surface area contributed by atoms with Crippen LogP contribution in [0.25, 0.3) is 0 Å². The van der Waals surface area contributed by atoms with Gasteiger partial charge in [0.25, 0.3) is 0 Å². The summed E-state index contributed by atoms with van der Waals surface area (Å²) < 4.78 is 4.58. The second-order valence-corrected chi connectivity index (χ2v) is 8.31. The molecule has 152 valence electrons. The third-order valence-electron chi connectivity index (χ3n) is 3.54. The van der Waals surface area contributed by atoms with E-state index in [2.05, 4.69) is 22.0 Å². The van der Waals surface area contributed by atoms with Gasteiger partial charge in [-0.3, -0.25) is 14.5 Å². The average Bonchev–Trinajstić information content (AvgIpc) is 2.99. The molecule has 0 spiro atoms. The molecule has 3 amide bonds.